The smallest absolute Gasteiger partial charge is 0.238 e. The highest BCUT2D eigenvalue weighted by Crippen LogP contribution is 2.47. The molecule has 6 rings (SSSR count). The Morgan fingerprint density at radius 3 is 2.09 bits per heavy atom. The number of ether oxygens (including phenoxy) is 4. The minimum Gasteiger partial charge on any atom is -0.508 e. The molecule has 0 bridgehead atoms. The van der Waals surface area contributed by atoms with Gasteiger partial charge in [-0.2, -0.15) is 5.26 Å². The van der Waals surface area contributed by atoms with E-state index in [1.54, 1.807) is 42.6 Å². The molecule has 0 spiro atoms. The molecule has 1 N–H and O–H groups in total. The van der Waals surface area contributed by atoms with Crippen molar-refractivity contribution >= 4 is 12.1 Å². The van der Waals surface area contributed by atoms with Crippen LogP contribution in [0.3, 0.4) is 0 Å². The first-order chi connectivity index (χ1) is 16.7. The molecule has 2 aliphatic heterocycles. The van der Waals surface area contributed by atoms with Crippen LogP contribution in [0.15, 0.2) is 70.1 Å². The summed E-state index contributed by atoms with van der Waals surface area (Å²) in [6.07, 6.45) is 1.58. The molecule has 0 saturated heterocycles. The van der Waals surface area contributed by atoms with E-state index in [4.69, 9.17) is 23.4 Å². The first-order valence-corrected chi connectivity index (χ1v) is 10.4. The van der Waals surface area contributed by atoms with Crippen LogP contribution >= 0.6 is 0 Å². The van der Waals surface area contributed by atoms with Gasteiger partial charge in [0.1, 0.15) is 23.1 Å². The fourth-order valence-electron chi connectivity index (χ4n) is 3.88. The van der Waals surface area contributed by atoms with Crippen molar-refractivity contribution in [3.8, 4) is 57.3 Å². The number of phenols is 1. The molecule has 0 fully saturated rings. The van der Waals surface area contributed by atoms with Crippen LogP contribution < -0.4 is 18.9 Å². The lowest BCUT2D eigenvalue weighted by molar-refractivity contribution is 0.173. The predicted octanol–water partition coefficient (Wildman–Crippen LogP) is 5.40. The topological polar surface area (TPSA) is 106 Å². The Balaban J connectivity index is 1.52. The Kier molecular flexibility index (Phi) is 4.59. The van der Waals surface area contributed by atoms with Crippen molar-refractivity contribution in [2.24, 2.45) is 4.99 Å². The lowest BCUT2D eigenvalue weighted by Crippen LogP contribution is -1.93. The number of rotatable bonds is 4. The van der Waals surface area contributed by atoms with Gasteiger partial charge in [0.05, 0.1) is 0 Å². The molecule has 166 valence electrons. The average molecular weight is 452 g/mol. The highest BCUT2D eigenvalue weighted by Gasteiger charge is 2.26. The van der Waals surface area contributed by atoms with Gasteiger partial charge in [-0.15, -0.1) is 0 Å². The second-order valence-electron chi connectivity index (χ2n) is 7.58. The molecule has 8 nitrogen and oxygen atoms in total. The summed E-state index contributed by atoms with van der Waals surface area (Å²) >= 11 is 0. The fraction of sp³-hybridized carbons (Fsp3) is 0.0769. The molecule has 0 radical (unpaired) electrons. The first-order valence-electron chi connectivity index (χ1n) is 10.4. The van der Waals surface area contributed by atoms with Gasteiger partial charge >= 0.3 is 0 Å². The zero-order valence-electron chi connectivity index (χ0n) is 17.6. The van der Waals surface area contributed by atoms with Crippen LogP contribution in [-0.4, -0.2) is 24.9 Å². The molecular formula is C26H16N2O6. The number of hydrogen-bond donors (Lipinski definition) is 1. The Morgan fingerprint density at radius 2 is 1.41 bits per heavy atom. The van der Waals surface area contributed by atoms with Gasteiger partial charge in [-0.25, -0.2) is 4.99 Å². The van der Waals surface area contributed by atoms with Crippen LogP contribution in [0.25, 0.3) is 22.5 Å². The summed E-state index contributed by atoms with van der Waals surface area (Å²) < 4.78 is 28.1. The maximum atomic E-state index is 10.1. The van der Waals surface area contributed by atoms with E-state index in [1.807, 2.05) is 24.3 Å². The molecule has 0 atom stereocenters. The van der Waals surface area contributed by atoms with Gasteiger partial charge in [0.15, 0.2) is 23.0 Å². The lowest BCUT2D eigenvalue weighted by atomic mass is 9.97. The average Bonchev–Trinajstić information content (AvgIpc) is 3.60. The van der Waals surface area contributed by atoms with Crippen LogP contribution in [0.2, 0.25) is 0 Å². The Hall–Kier alpha value is -4.90. The van der Waals surface area contributed by atoms with Gasteiger partial charge in [-0.3, -0.25) is 0 Å². The van der Waals surface area contributed by atoms with Crippen molar-refractivity contribution in [1.82, 2.24) is 0 Å². The maximum Gasteiger partial charge on any atom is 0.238 e. The normalized spacial score (nSPS) is 13.4. The van der Waals surface area contributed by atoms with E-state index in [-0.39, 0.29) is 30.8 Å². The van der Waals surface area contributed by atoms with E-state index in [1.165, 1.54) is 0 Å². The summed E-state index contributed by atoms with van der Waals surface area (Å²) in [7, 11) is 0. The molecule has 34 heavy (non-hydrogen) atoms. The van der Waals surface area contributed by atoms with E-state index < -0.39 is 0 Å². The van der Waals surface area contributed by atoms with Crippen LogP contribution in [0.5, 0.6) is 28.7 Å². The summed E-state index contributed by atoms with van der Waals surface area (Å²) in [4.78, 5) is 4.45. The summed E-state index contributed by atoms with van der Waals surface area (Å²) in [5.41, 5.74) is 3.04. The third-order valence-corrected chi connectivity index (χ3v) is 5.52. The van der Waals surface area contributed by atoms with Crippen LogP contribution in [0, 0.1) is 11.3 Å². The summed E-state index contributed by atoms with van der Waals surface area (Å²) in [6, 6.07) is 19.7. The van der Waals surface area contributed by atoms with E-state index in [9.17, 15) is 10.4 Å². The molecule has 8 heteroatoms. The van der Waals surface area contributed by atoms with E-state index in [2.05, 4.69) is 11.1 Å². The quantitative estimate of drug-likeness (QED) is 0.413. The molecule has 3 heterocycles. The van der Waals surface area contributed by atoms with Gasteiger partial charge in [0.25, 0.3) is 0 Å². The molecular weight excluding hydrogens is 436 g/mol. The van der Waals surface area contributed by atoms with Crippen molar-refractivity contribution in [2.75, 3.05) is 13.6 Å². The molecule has 2 aliphatic rings. The number of furan rings is 1. The number of fused-ring (bicyclic) bond motifs is 2. The second kappa shape index (κ2) is 7.90. The van der Waals surface area contributed by atoms with Crippen molar-refractivity contribution in [2.45, 2.75) is 0 Å². The number of hydrogen-bond acceptors (Lipinski definition) is 8. The lowest BCUT2D eigenvalue weighted by Gasteiger charge is -2.06. The van der Waals surface area contributed by atoms with E-state index >= 15 is 0 Å². The Labute approximate surface area is 193 Å². The van der Waals surface area contributed by atoms with Gasteiger partial charge in [-0.1, -0.05) is 6.07 Å². The number of nitrogens with zero attached hydrogens (tertiary/aromatic N) is 2. The number of phenolic OH excluding ortho intramolecular Hbond substituents is 1. The van der Waals surface area contributed by atoms with Crippen molar-refractivity contribution in [3.63, 3.8) is 0 Å². The molecule has 0 amide bonds. The number of aromatic hydroxyl groups is 1. The Morgan fingerprint density at radius 1 is 0.794 bits per heavy atom. The molecule has 0 aliphatic carbocycles. The van der Waals surface area contributed by atoms with Gasteiger partial charge in [0.2, 0.25) is 19.5 Å². The van der Waals surface area contributed by atoms with Gasteiger partial charge in [-0.05, 0) is 65.7 Å². The highest BCUT2D eigenvalue weighted by molar-refractivity contribution is 5.91. The van der Waals surface area contributed by atoms with Crippen molar-refractivity contribution in [3.05, 3.63) is 71.8 Å². The summed E-state index contributed by atoms with van der Waals surface area (Å²) in [6.45, 7) is 0.296. The molecule has 4 aromatic rings. The zero-order valence-corrected chi connectivity index (χ0v) is 17.6. The Bertz CT molecular complexity index is 1480. The molecule has 1 aromatic heterocycles. The van der Waals surface area contributed by atoms with E-state index in [0.717, 1.165) is 11.1 Å². The van der Waals surface area contributed by atoms with E-state index in [0.29, 0.717) is 39.9 Å². The SMILES string of the molecule is N#Cc1c(N=Cc2ccc(O)cc2)oc(-c2ccc3c(c2)OCO3)c1-c1ccc2c(c1)OCO2. The first kappa shape index (κ1) is 19.8. The predicted molar refractivity (Wildman–Crippen MR) is 122 cm³/mol. The molecule has 3 aromatic carbocycles. The summed E-state index contributed by atoms with van der Waals surface area (Å²) in [5.74, 6) is 3.25. The maximum absolute atomic E-state index is 10.1. The monoisotopic (exact) mass is 452 g/mol. The van der Waals surface area contributed by atoms with Crippen LogP contribution in [-0.2, 0) is 0 Å². The number of benzene rings is 3. The summed E-state index contributed by atoms with van der Waals surface area (Å²) in [5, 5.41) is 19.6. The third-order valence-electron chi connectivity index (χ3n) is 5.52. The number of aliphatic imine (C=N–C) groups is 1. The van der Waals surface area contributed by atoms with Crippen molar-refractivity contribution in [1.29, 1.82) is 5.26 Å². The zero-order chi connectivity index (χ0) is 23.1. The largest absolute Gasteiger partial charge is 0.508 e. The minimum absolute atomic E-state index is 0.145. The van der Waals surface area contributed by atoms with Gasteiger partial charge < -0.3 is 28.5 Å². The molecule has 0 saturated carbocycles. The minimum atomic E-state index is 0.145. The fourth-order valence-corrected chi connectivity index (χ4v) is 3.88. The van der Waals surface area contributed by atoms with Crippen molar-refractivity contribution < 1.29 is 28.5 Å². The van der Waals surface area contributed by atoms with Crippen LogP contribution in [0.1, 0.15) is 11.1 Å². The van der Waals surface area contributed by atoms with Crippen LogP contribution in [0.4, 0.5) is 5.88 Å². The standard InChI is InChI=1S/C26H16N2O6/c27-11-19-24(16-3-7-20-22(9-16)32-13-30-20)25(17-4-8-21-23(10-17)33-14-31-21)34-26(19)28-12-15-1-5-18(29)6-2-15/h1-10,12,29H,13-14H2. The molecule has 0 unspecified atom stereocenters. The number of nitriles is 1. The third kappa shape index (κ3) is 3.36. The van der Waals surface area contributed by atoms with Gasteiger partial charge in [0, 0.05) is 17.3 Å². The highest BCUT2D eigenvalue weighted by atomic mass is 16.7. The second-order valence-corrected chi connectivity index (χ2v) is 7.58.